The zero-order valence-electron chi connectivity index (χ0n) is 14.7. The van der Waals surface area contributed by atoms with Crippen LogP contribution < -0.4 is 5.32 Å². The van der Waals surface area contributed by atoms with Crippen LogP contribution in [0.1, 0.15) is 29.7 Å². The van der Waals surface area contributed by atoms with Crippen LogP contribution >= 0.6 is 0 Å². The van der Waals surface area contributed by atoms with Gasteiger partial charge in [0.25, 0.3) is 0 Å². The lowest BCUT2D eigenvalue weighted by Crippen LogP contribution is -2.45. The minimum Gasteiger partial charge on any atom is -0.324 e. The summed E-state index contributed by atoms with van der Waals surface area (Å²) in [6.45, 7) is 1.95. The number of rotatable bonds is 2. The number of nitrogens with zero attached hydrogens (tertiary/aromatic N) is 2. The van der Waals surface area contributed by atoms with E-state index in [2.05, 4.69) is 10.3 Å². The van der Waals surface area contributed by atoms with Crippen LogP contribution in [0.15, 0.2) is 42.6 Å². The van der Waals surface area contributed by atoms with Gasteiger partial charge in [0.05, 0.1) is 16.9 Å². The third-order valence-corrected chi connectivity index (χ3v) is 4.75. The molecule has 2 heterocycles. The number of piperidine rings is 1. The number of para-hydroxylation sites is 1. The Hall–Kier alpha value is -2.64. The van der Waals surface area contributed by atoms with Gasteiger partial charge in [-0.05, 0) is 30.7 Å². The highest BCUT2D eigenvalue weighted by molar-refractivity contribution is 5.90. The molecule has 1 aromatic heterocycles. The summed E-state index contributed by atoms with van der Waals surface area (Å²) in [5.41, 5.74) is -1.79. The molecule has 0 radical (unpaired) electrons. The number of urea groups is 1. The Bertz CT molecular complexity index is 830. The first-order valence-electron chi connectivity index (χ1n) is 8.54. The maximum Gasteiger partial charge on any atom is 0.418 e. The van der Waals surface area contributed by atoms with Gasteiger partial charge in [-0.2, -0.15) is 13.2 Å². The van der Waals surface area contributed by atoms with Crippen LogP contribution in [0.5, 0.6) is 0 Å². The Morgan fingerprint density at radius 1 is 1.15 bits per heavy atom. The van der Waals surface area contributed by atoms with Gasteiger partial charge in [-0.1, -0.05) is 18.2 Å². The summed E-state index contributed by atoms with van der Waals surface area (Å²) >= 11 is 0. The molecule has 2 aromatic rings. The first-order valence-corrected chi connectivity index (χ1v) is 8.54. The minimum atomic E-state index is -4.57. The monoisotopic (exact) mass is 381 g/mol. The van der Waals surface area contributed by atoms with Crippen molar-refractivity contribution in [3.8, 4) is 0 Å². The normalized spacial score (nSPS) is 16.9. The van der Waals surface area contributed by atoms with Crippen molar-refractivity contribution in [1.29, 1.82) is 0 Å². The molecule has 0 saturated carbocycles. The number of pyridine rings is 1. The molecule has 1 aliphatic heterocycles. The van der Waals surface area contributed by atoms with Crippen molar-refractivity contribution >= 4 is 11.7 Å². The van der Waals surface area contributed by atoms with Crippen LogP contribution in [0.2, 0.25) is 0 Å². The summed E-state index contributed by atoms with van der Waals surface area (Å²) in [6, 6.07) is 7.60. The topological polar surface area (TPSA) is 45.2 Å². The quantitative estimate of drug-likeness (QED) is 0.752. The summed E-state index contributed by atoms with van der Waals surface area (Å²) in [4.78, 5) is 17.8. The number of aromatic nitrogens is 1. The molecule has 3 rings (SSSR count). The largest absolute Gasteiger partial charge is 0.418 e. The van der Waals surface area contributed by atoms with Crippen LogP contribution in [0.25, 0.3) is 0 Å². The average molecular weight is 381 g/mol. The number of hydrogen-bond donors (Lipinski definition) is 1. The second kappa shape index (κ2) is 7.17. The van der Waals surface area contributed by atoms with Crippen molar-refractivity contribution < 1.29 is 22.4 Å². The molecular formula is C19H19F4N3O. The van der Waals surface area contributed by atoms with Crippen molar-refractivity contribution in [2.24, 2.45) is 0 Å². The minimum absolute atomic E-state index is 0.0409. The van der Waals surface area contributed by atoms with Gasteiger partial charge in [-0.3, -0.25) is 4.98 Å². The molecule has 4 nitrogen and oxygen atoms in total. The lowest BCUT2D eigenvalue weighted by molar-refractivity contribution is -0.136. The second-order valence-corrected chi connectivity index (χ2v) is 6.59. The molecular weight excluding hydrogens is 362 g/mol. The van der Waals surface area contributed by atoms with Crippen molar-refractivity contribution in [1.82, 2.24) is 9.88 Å². The number of alkyl halides is 4. The number of halogens is 4. The first-order chi connectivity index (χ1) is 12.7. The van der Waals surface area contributed by atoms with Crippen molar-refractivity contribution in [2.45, 2.75) is 31.6 Å². The van der Waals surface area contributed by atoms with Gasteiger partial charge in [0.1, 0.15) is 0 Å². The second-order valence-electron chi connectivity index (χ2n) is 6.59. The fraction of sp³-hybridized carbons (Fsp3) is 0.368. The van der Waals surface area contributed by atoms with E-state index in [-0.39, 0.29) is 31.6 Å². The lowest BCUT2D eigenvalue weighted by Gasteiger charge is -2.36. The summed E-state index contributed by atoms with van der Waals surface area (Å²) < 4.78 is 54.4. The van der Waals surface area contributed by atoms with E-state index < -0.39 is 23.4 Å². The highest BCUT2D eigenvalue weighted by Crippen LogP contribution is 2.38. The van der Waals surface area contributed by atoms with Gasteiger partial charge in [0, 0.05) is 32.1 Å². The summed E-state index contributed by atoms with van der Waals surface area (Å²) in [6.07, 6.45) is -2.97. The Morgan fingerprint density at radius 3 is 2.44 bits per heavy atom. The van der Waals surface area contributed by atoms with Crippen LogP contribution in [-0.4, -0.2) is 29.0 Å². The number of aryl methyl sites for hydroxylation is 1. The molecule has 144 valence electrons. The maximum absolute atomic E-state index is 15.3. The Morgan fingerprint density at radius 2 is 1.81 bits per heavy atom. The van der Waals surface area contributed by atoms with Gasteiger partial charge in [-0.25, -0.2) is 9.18 Å². The smallest absolute Gasteiger partial charge is 0.324 e. The molecule has 1 aromatic carbocycles. The molecule has 0 bridgehead atoms. The maximum atomic E-state index is 15.3. The SMILES string of the molecule is Cc1cccnc1C1(F)CCN(C(=O)Nc2ccccc2C(F)(F)F)CC1. The van der Waals surface area contributed by atoms with Crippen LogP contribution in [0, 0.1) is 6.92 Å². The molecule has 0 spiro atoms. The van der Waals surface area contributed by atoms with Gasteiger partial charge < -0.3 is 10.2 Å². The zero-order valence-corrected chi connectivity index (χ0v) is 14.7. The number of benzene rings is 1. The molecule has 1 fully saturated rings. The van der Waals surface area contributed by atoms with E-state index in [4.69, 9.17) is 0 Å². The van der Waals surface area contributed by atoms with E-state index in [1.807, 2.05) is 0 Å². The predicted octanol–water partition coefficient (Wildman–Crippen LogP) is 4.90. The fourth-order valence-electron chi connectivity index (χ4n) is 3.29. The number of hydrogen-bond acceptors (Lipinski definition) is 2. The molecule has 2 amide bonds. The molecule has 27 heavy (non-hydrogen) atoms. The van der Waals surface area contributed by atoms with Crippen molar-refractivity contribution in [3.05, 3.63) is 59.4 Å². The number of likely N-dealkylation sites (tertiary alicyclic amines) is 1. The van der Waals surface area contributed by atoms with Crippen molar-refractivity contribution in [3.63, 3.8) is 0 Å². The molecule has 1 saturated heterocycles. The van der Waals surface area contributed by atoms with Crippen LogP contribution in [0.3, 0.4) is 0 Å². The van der Waals surface area contributed by atoms with Gasteiger partial charge >= 0.3 is 12.2 Å². The van der Waals surface area contributed by atoms with Gasteiger partial charge in [0.15, 0.2) is 5.67 Å². The van der Waals surface area contributed by atoms with Crippen LogP contribution in [-0.2, 0) is 11.8 Å². The lowest BCUT2D eigenvalue weighted by atomic mass is 9.87. The highest BCUT2D eigenvalue weighted by atomic mass is 19.4. The summed E-state index contributed by atoms with van der Waals surface area (Å²) in [7, 11) is 0. The average Bonchev–Trinajstić information content (AvgIpc) is 2.62. The van der Waals surface area contributed by atoms with E-state index in [0.717, 1.165) is 11.6 Å². The molecule has 0 atom stereocenters. The molecule has 1 N–H and O–H groups in total. The molecule has 0 unspecified atom stereocenters. The van der Waals surface area contributed by atoms with Crippen LogP contribution in [0.4, 0.5) is 28.0 Å². The third kappa shape index (κ3) is 4.04. The third-order valence-electron chi connectivity index (χ3n) is 4.75. The molecule has 8 heteroatoms. The van der Waals surface area contributed by atoms with E-state index in [0.29, 0.717) is 5.69 Å². The predicted molar refractivity (Wildman–Crippen MR) is 93.0 cm³/mol. The van der Waals surface area contributed by atoms with E-state index in [1.54, 1.807) is 19.1 Å². The number of carbonyl (C=O) groups is 1. The molecule has 1 aliphatic rings. The number of nitrogens with one attached hydrogen (secondary N) is 1. The molecule has 0 aliphatic carbocycles. The number of carbonyl (C=O) groups excluding carboxylic acids is 1. The zero-order chi connectivity index (χ0) is 19.7. The Labute approximate surface area is 154 Å². The first kappa shape index (κ1) is 19.1. The summed E-state index contributed by atoms with van der Waals surface area (Å²) in [5.74, 6) is 0. The van der Waals surface area contributed by atoms with E-state index >= 15 is 4.39 Å². The Kier molecular flexibility index (Phi) is 5.08. The summed E-state index contributed by atoms with van der Waals surface area (Å²) in [5, 5.41) is 2.29. The van der Waals surface area contributed by atoms with E-state index in [9.17, 15) is 18.0 Å². The highest BCUT2D eigenvalue weighted by Gasteiger charge is 2.40. The standard InChI is InChI=1S/C19H19F4N3O/c1-13-5-4-10-24-16(13)18(20)8-11-26(12-9-18)17(27)25-15-7-3-2-6-14(15)19(21,22)23/h2-7,10H,8-9,11-12H2,1H3,(H,25,27). The number of anilines is 1. The van der Waals surface area contributed by atoms with Crippen molar-refractivity contribution in [2.75, 3.05) is 18.4 Å². The Balaban J connectivity index is 1.69. The van der Waals surface area contributed by atoms with Gasteiger partial charge in [-0.15, -0.1) is 0 Å². The van der Waals surface area contributed by atoms with Gasteiger partial charge in [0.2, 0.25) is 0 Å². The number of amides is 2. The van der Waals surface area contributed by atoms with E-state index in [1.165, 1.54) is 29.3 Å². The fourth-order valence-corrected chi connectivity index (χ4v) is 3.29.